The molecule has 3 rings (SSSR count). The lowest BCUT2D eigenvalue weighted by Gasteiger charge is -2.15. The molecule has 140 valence electrons. The number of urea groups is 1. The average Bonchev–Trinajstić information content (AvgIpc) is 3.29. The Morgan fingerprint density at radius 1 is 1.15 bits per heavy atom. The molecule has 0 aliphatic carbocycles. The van der Waals surface area contributed by atoms with Gasteiger partial charge in [-0.1, -0.05) is 12.1 Å². The maximum absolute atomic E-state index is 12.1. The summed E-state index contributed by atoms with van der Waals surface area (Å²) >= 11 is 0. The van der Waals surface area contributed by atoms with Crippen LogP contribution >= 0.6 is 0 Å². The fourth-order valence-corrected chi connectivity index (χ4v) is 2.61. The van der Waals surface area contributed by atoms with Crippen LogP contribution in [-0.2, 0) is 0 Å². The van der Waals surface area contributed by atoms with Gasteiger partial charge in [0.05, 0.1) is 17.3 Å². The third-order valence-corrected chi connectivity index (χ3v) is 4.00. The highest BCUT2D eigenvalue weighted by molar-refractivity contribution is 5.96. The van der Waals surface area contributed by atoms with Crippen LogP contribution in [0.3, 0.4) is 0 Å². The molecule has 1 aromatic carbocycles. The molecule has 0 spiro atoms. The highest BCUT2D eigenvalue weighted by Gasteiger charge is 2.15. The van der Waals surface area contributed by atoms with Gasteiger partial charge in [-0.15, -0.1) is 0 Å². The number of aryl methyl sites for hydroxylation is 2. The van der Waals surface area contributed by atoms with E-state index in [-0.39, 0.29) is 6.04 Å². The molecule has 2 aromatic heterocycles. The highest BCUT2D eigenvalue weighted by Crippen LogP contribution is 2.15. The minimum atomic E-state index is -0.519. The minimum Gasteiger partial charge on any atom is -0.466 e. The van der Waals surface area contributed by atoms with Crippen LogP contribution in [0.5, 0.6) is 0 Å². The Morgan fingerprint density at radius 3 is 2.48 bits per heavy atom. The molecule has 1 unspecified atom stereocenters. The van der Waals surface area contributed by atoms with Gasteiger partial charge in [0, 0.05) is 0 Å². The smallest absolute Gasteiger partial charge is 0.333 e. The average molecular weight is 368 g/mol. The number of carbonyl (C=O) groups excluding carboxylic acids is 2. The summed E-state index contributed by atoms with van der Waals surface area (Å²) in [5.41, 5.74) is 6.85. The molecular weight excluding hydrogens is 348 g/mol. The van der Waals surface area contributed by atoms with Gasteiger partial charge < -0.3 is 9.73 Å². The molecule has 1 atom stereocenters. The number of rotatable bonds is 4. The van der Waals surface area contributed by atoms with Crippen molar-refractivity contribution in [2.45, 2.75) is 26.8 Å². The van der Waals surface area contributed by atoms with Gasteiger partial charge >= 0.3 is 6.03 Å². The van der Waals surface area contributed by atoms with Crippen molar-refractivity contribution in [2.75, 3.05) is 0 Å². The first-order chi connectivity index (χ1) is 12.9. The van der Waals surface area contributed by atoms with Gasteiger partial charge in [-0.3, -0.25) is 10.2 Å². The summed E-state index contributed by atoms with van der Waals surface area (Å²) in [5.74, 6) is 0.683. The topological polar surface area (TPSA) is 114 Å². The number of hydrogen-bond donors (Lipinski definition) is 3. The molecule has 0 bridgehead atoms. The van der Waals surface area contributed by atoms with E-state index in [0.29, 0.717) is 17.1 Å². The Kier molecular flexibility index (Phi) is 5.20. The standard InChI is InChI=1S/C18H20N6O3/c1-11-8-16(13(3)27-11)17(25)22-23-18(26)21-12(2)14-4-6-15(7-5-14)24-10-19-9-20-24/h4-10,12H,1-3H3,(H,22,25)(H2,21,23,26). The van der Waals surface area contributed by atoms with E-state index in [4.69, 9.17) is 4.42 Å². The van der Waals surface area contributed by atoms with Crippen LogP contribution in [0.1, 0.15) is 40.4 Å². The molecule has 0 radical (unpaired) electrons. The molecule has 3 N–H and O–H groups in total. The third kappa shape index (κ3) is 4.32. The Morgan fingerprint density at radius 2 is 1.89 bits per heavy atom. The number of hydrazine groups is 1. The maximum atomic E-state index is 12.1. The van der Waals surface area contributed by atoms with Crippen LogP contribution in [-0.4, -0.2) is 26.7 Å². The van der Waals surface area contributed by atoms with Crippen LogP contribution < -0.4 is 16.2 Å². The molecule has 0 saturated heterocycles. The van der Waals surface area contributed by atoms with Crippen LogP contribution in [0.25, 0.3) is 5.69 Å². The summed E-state index contributed by atoms with van der Waals surface area (Å²) in [6.07, 6.45) is 3.07. The number of nitrogens with one attached hydrogen (secondary N) is 3. The van der Waals surface area contributed by atoms with Crippen LogP contribution in [0.4, 0.5) is 4.79 Å². The molecule has 0 fully saturated rings. The number of hydrogen-bond acceptors (Lipinski definition) is 5. The summed E-state index contributed by atoms with van der Waals surface area (Å²) in [7, 11) is 0. The number of benzene rings is 1. The summed E-state index contributed by atoms with van der Waals surface area (Å²) in [6.45, 7) is 5.28. The predicted molar refractivity (Wildman–Crippen MR) is 97.1 cm³/mol. The van der Waals surface area contributed by atoms with Crippen LogP contribution in [0.15, 0.2) is 47.4 Å². The molecule has 9 heteroatoms. The van der Waals surface area contributed by atoms with Crippen molar-refractivity contribution in [1.82, 2.24) is 30.9 Å². The Hall–Kier alpha value is -3.62. The predicted octanol–water partition coefficient (Wildman–Crippen LogP) is 2.18. The second-order valence-corrected chi connectivity index (χ2v) is 6.03. The molecule has 0 aliphatic heterocycles. The zero-order valence-electron chi connectivity index (χ0n) is 15.2. The van der Waals surface area contributed by atoms with E-state index in [1.165, 1.54) is 6.33 Å². The van der Waals surface area contributed by atoms with Gasteiger partial charge in [0.15, 0.2) is 0 Å². The zero-order chi connectivity index (χ0) is 19.4. The normalized spacial score (nSPS) is 11.7. The van der Waals surface area contributed by atoms with E-state index in [2.05, 4.69) is 26.3 Å². The first-order valence-corrected chi connectivity index (χ1v) is 8.33. The molecular formula is C18H20N6O3. The molecule has 27 heavy (non-hydrogen) atoms. The monoisotopic (exact) mass is 368 g/mol. The van der Waals surface area contributed by atoms with E-state index in [9.17, 15) is 9.59 Å². The molecule has 0 saturated carbocycles. The number of nitrogens with zero attached hydrogens (tertiary/aromatic N) is 3. The van der Waals surface area contributed by atoms with Gasteiger partial charge in [0.2, 0.25) is 0 Å². The Labute approximate surface area is 155 Å². The van der Waals surface area contributed by atoms with Crippen LogP contribution in [0, 0.1) is 13.8 Å². The Balaban J connectivity index is 1.53. The number of carbonyl (C=O) groups is 2. The van der Waals surface area contributed by atoms with Crippen molar-refractivity contribution in [3.63, 3.8) is 0 Å². The van der Waals surface area contributed by atoms with Crippen molar-refractivity contribution in [2.24, 2.45) is 0 Å². The molecule has 2 heterocycles. The second-order valence-electron chi connectivity index (χ2n) is 6.03. The van der Waals surface area contributed by atoms with Gasteiger partial charge in [-0.05, 0) is 44.5 Å². The summed E-state index contributed by atoms with van der Waals surface area (Å²) in [6, 6.07) is 8.37. The van der Waals surface area contributed by atoms with Crippen molar-refractivity contribution in [3.8, 4) is 5.69 Å². The van der Waals surface area contributed by atoms with Crippen molar-refractivity contribution < 1.29 is 14.0 Å². The SMILES string of the molecule is Cc1cc(C(=O)NNC(=O)NC(C)c2ccc(-n3cncn3)cc2)c(C)o1. The van der Waals surface area contributed by atoms with Gasteiger partial charge in [0.25, 0.3) is 5.91 Å². The van der Waals surface area contributed by atoms with E-state index in [0.717, 1.165) is 11.3 Å². The lowest BCUT2D eigenvalue weighted by atomic mass is 10.1. The summed E-state index contributed by atoms with van der Waals surface area (Å²) in [4.78, 5) is 28.0. The number of amides is 3. The van der Waals surface area contributed by atoms with E-state index >= 15 is 0 Å². The van der Waals surface area contributed by atoms with Crippen LogP contribution in [0.2, 0.25) is 0 Å². The molecule has 9 nitrogen and oxygen atoms in total. The Bertz CT molecular complexity index is 931. The lowest BCUT2D eigenvalue weighted by molar-refractivity contribution is 0.0934. The van der Waals surface area contributed by atoms with Crippen molar-refractivity contribution >= 4 is 11.9 Å². The first kappa shape index (κ1) is 18.2. The molecule has 0 aliphatic rings. The third-order valence-electron chi connectivity index (χ3n) is 4.00. The minimum absolute atomic E-state index is 0.260. The second kappa shape index (κ2) is 7.73. The van der Waals surface area contributed by atoms with E-state index in [1.807, 2.05) is 31.2 Å². The quantitative estimate of drug-likeness (QED) is 0.611. The van der Waals surface area contributed by atoms with Gasteiger partial charge in [0.1, 0.15) is 24.2 Å². The highest BCUT2D eigenvalue weighted by atomic mass is 16.3. The number of aromatic nitrogens is 3. The van der Waals surface area contributed by atoms with Crippen molar-refractivity contribution in [3.05, 3.63) is 65.6 Å². The van der Waals surface area contributed by atoms with Crippen molar-refractivity contribution in [1.29, 1.82) is 0 Å². The van der Waals surface area contributed by atoms with Gasteiger partial charge in [-0.25, -0.2) is 19.9 Å². The van der Waals surface area contributed by atoms with E-state index in [1.54, 1.807) is 30.9 Å². The summed E-state index contributed by atoms with van der Waals surface area (Å²) in [5, 5.41) is 6.82. The largest absolute Gasteiger partial charge is 0.466 e. The van der Waals surface area contributed by atoms with Gasteiger partial charge in [-0.2, -0.15) is 5.10 Å². The van der Waals surface area contributed by atoms with E-state index < -0.39 is 11.9 Å². The maximum Gasteiger partial charge on any atom is 0.333 e. The fourth-order valence-electron chi connectivity index (χ4n) is 2.61. The number of furan rings is 1. The lowest BCUT2D eigenvalue weighted by Crippen LogP contribution is -2.47. The first-order valence-electron chi connectivity index (χ1n) is 8.33. The molecule has 3 amide bonds. The fraction of sp³-hybridized carbons (Fsp3) is 0.222. The zero-order valence-corrected chi connectivity index (χ0v) is 15.2. The summed E-state index contributed by atoms with van der Waals surface area (Å²) < 4.78 is 6.94. The molecule has 3 aromatic rings.